The van der Waals surface area contributed by atoms with Crippen LogP contribution in [0.5, 0.6) is 0 Å². The monoisotopic (exact) mass is 449 g/mol. The van der Waals surface area contributed by atoms with Crippen LogP contribution >= 0.6 is 0 Å². The zero-order valence-electron chi connectivity index (χ0n) is 19.7. The first-order valence-corrected chi connectivity index (χ1v) is 12.2. The Labute approximate surface area is 195 Å². The fraction of sp³-hybridized carbons (Fsp3) is 0.500. The first kappa shape index (κ1) is 23.1. The van der Waals surface area contributed by atoms with Crippen LogP contribution in [0.25, 0.3) is 0 Å². The molecule has 2 fully saturated rings. The average molecular weight is 450 g/mol. The SMILES string of the molecule is Cc1cc(NC(=N)c2c(N[C@H]3CCCCCC3C)cc[nH]c2=O)ccc1C(=O)N1CCCC1. The Morgan fingerprint density at radius 2 is 1.85 bits per heavy atom. The Morgan fingerprint density at radius 3 is 2.61 bits per heavy atom. The van der Waals surface area contributed by atoms with E-state index in [1.807, 2.05) is 36.1 Å². The summed E-state index contributed by atoms with van der Waals surface area (Å²) in [5.74, 6) is 0.624. The molecule has 1 unspecified atom stereocenters. The molecular formula is C26H35N5O2. The number of amides is 1. The van der Waals surface area contributed by atoms with E-state index >= 15 is 0 Å². The minimum Gasteiger partial charge on any atom is -0.381 e. The number of amidine groups is 1. The lowest BCUT2D eigenvalue weighted by Crippen LogP contribution is -2.31. The Morgan fingerprint density at radius 1 is 1.09 bits per heavy atom. The molecule has 1 saturated carbocycles. The van der Waals surface area contributed by atoms with Gasteiger partial charge in [0.1, 0.15) is 11.4 Å². The van der Waals surface area contributed by atoms with Crippen LogP contribution in [0, 0.1) is 18.3 Å². The third kappa shape index (κ3) is 5.29. The number of aromatic amines is 1. The van der Waals surface area contributed by atoms with Crippen LogP contribution in [0.15, 0.2) is 35.3 Å². The zero-order chi connectivity index (χ0) is 23.4. The largest absolute Gasteiger partial charge is 0.381 e. The van der Waals surface area contributed by atoms with E-state index in [9.17, 15) is 9.59 Å². The highest BCUT2D eigenvalue weighted by atomic mass is 16.2. The third-order valence-electron chi connectivity index (χ3n) is 7.03. The molecule has 2 atom stereocenters. The van der Waals surface area contributed by atoms with Crippen LogP contribution in [0.2, 0.25) is 0 Å². The number of carbonyl (C=O) groups excluding carboxylic acids is 1. The van der Waals surface area contributed by atoms with Gasteiger partial charge in [0.15, 0.2) is 0 Å². The number of hydrogen-bond donors (Lipinski definition) is 4. The van der Waals surface area contributed by atoms with Crippen LogP contribution in [0.3, 0.4) is 0 Å². The molecule has 2 heterocycles. The van der Waals surface area contributed by atoms with Gasteiger partial charge in [-0.1, -0.05) is 26.2 Å². The highest BCUT2D eigenvalue weighted by Gasteiger charge is 2.23. The summed E-state index contributed by atoms with van der Waals surface area (Å²) in [6, 6.07) is 7.62. The number of pyridine rings is 1. The number of anilines is 2. The molecule has 7 heteroatoms. The first-order chi connectivity index (χ1) is 15.9. The van der Waals surface area contributed by atoms with Gasteiger partial charge < -0.3 is 20.5 Å². The van der Waals surface area contributed by atoms with Crippen molar-refractivity contribution in [3.63, 3.8) is 0 Å². The first-order valence-electron chi connectivity index (χ1n) is 12.2. The Kier molecular flexibility index (Phi) is 7.16. The van der Waals surface area contributed by atoms with Crippen molar-refractivity contribution in [2.45, 2.75) is 64.8 Å². The number of benzene rings is 1. The maximum Gasteiger partial charge on any atom is 0.261 e. The van der Waals surface area contributed by atoms with Crippen LogP contribution in [0.4, 0.5) is 11.4 Å². The number of nitrogens with zero attached hydrogens (tertiary/aromatic N) is 1. The summed E-state index contributed by atoms with van der Waals surface area (Å²) in [7, 11) is 0. The second-order valence-corrected chi connectivity index (χ2v) is 9.49. The molecule has 4 N–H and O–H groups in total. The van der Waals surface area contributed by atoms with Gasteiger partial charge in [-0.15, -0.1) is 0 Å². The second kappa shape index (κ2) is 10.2. The van der Waals surface area contributed by atoms with Crippen molar-refractivity contribution >= 4 is 23.1 Å². The minimum atomic E-state index is -0.295. The topological polar surface area (TPSA) is 101 Å². The number of aryl methyl sites for hydroxylation is 1. The molecule has 0 bridgehead atoms. The van der Waals surface area contributed by atoms with Gasteiger partial charge in [0.25, 0.3) is 11.5 Å². The van der Waals surface area contributed by atoms with Crippen molar-refractivity contribution < 1.29 is 4.79 Å². The molecule has 1 aromatic heterocycles. The molecular weight excluding hydrogens is 414 g/mol. The van der Waals surface area contributed by atoms with Gasteiger partial charge >= 0.3 is 0 Å². The van der Waals surface area contributed by atoms with E-state index in [0.717, 1.165) is 37.9 Å². The summed E-state index contributed by atoms with van der Waals surface area (Å²) < 4.78 is 0. The fourth-order valence-electron chi connectivity index (χ4n) is 5.03. The standard InChI is InChI=1S/C26H35N5O2/c1-17-8-4-3-5-9-21(17)30-22-12-13-28-25(32)23(22)24(27)29-19-10-11-20(18(2)16-19)26(33)31-14-6-7-15-31/h10-13,16-17,21H,3-9,14-15H2,1-2H3,(H2,27,29)(H2,28,30,32)/t17?,21-/m0/s1. The maximum absolute atomic E-state index is 12.8. The predicted molar refractivity (Wildman–Crippen MR) is 133 cm³/mol. The summed E-state index contributed by atoms with van der Waals surface area (Å²) in [4.78, 5) is 30.1. The van der Waals surface area contributed by atoms with E-state index in [1.165, 1.54) is 25.7 Å². The molecule has 1 aliphatic carbocycles. The van der Waals surface area contributed by atoms with E-state index in [1.54, 1.807) is 6.20 Å². The minimum absolute atomic E-state index is 0.0404. The lowest BCUT2D eigenvalue weighted by molar-refractivity contribution is 0.0792. The van der Waals surface area contributed by atoms with E-state index in [4.69, 9.17) is 5.41 Å². The molecule has 4 rings (SSSR count). The third-order valence-corrected chi connectivity index (χ3v) is 7.03. The molecule has 1 aliphatic heterocycles. The van der Waals surface area contributed by atoms with Gasteiger partial charge in [0, 0.05) is 36.6 Å². The molecule has 1 amide bonds. The van der Waals surface area contributed by atoms with Crippen molar-refractivity contribution in [2.75, 3.05) is 23.7 Å². The van der Waals surface area contributed by atoms with E-state index in [2.05, 4.69) is 22.5 Å². The normalized spacial score (nSPS) is 20.8. The number of aromatic nitrogens is 1. The summed E-state index contributed by atoms with van der Waals surface area (Å²) >= 11 is 0. The summed E-state index contributed by atoms with van der Waals surface area (Å²) in [5.41, 5.74) is 2.94. The smallest absolute Gasteiger partial charge is 0.261 e. The van der Waals surface area contributed by atoms with Crippen molar-refractivity contribution in [2.24, 2.45) is 5.92 Å². The number of nitrogens with one attached hydrogen (secondary N) is 4. The van der Waals surface area contributed by atoms with Gasteiger partial charge in [0.2, 0.25) is 0 Å². The van der Waals surface area contributed by atoms with Crippen molar-refractivity contribution in [1.29, 1.82) is 5.41 Å². The highest BCUT2D eigenvalue weighted by molar-refractivity contribution is 6.09. The second-order valence-electron chi connectivity index (χ2n) is 9.49. The average Bonchev–Trinajstić information content (AvgIpc) is 3.25. The molecule has 33 heavy (non-hydrogen) atoms. The van der Waals surface area contributed by atoms with Gasteiger partial charge in [-0.3, -0.25) is 15.0 Å². The molecule has 0 spiro atoms. The lowest BCUT2D eigenvalue weighted by atomic mass is 9.96. The van der Waals surface area contributed by atoms with E-state index in [-0.39, 0.29) is 17.3 Å². The summed E-state index contributed by atoms with van der Waals surface area (Å²) in [5, 5.41) is 15.3. The predicted octanol–water partition coefficient (Wildman–Crippen LogP) is 4.74. The van der Waals surface area contributed by atoms with Gasteiger partial charge in [-0.05, 0) is 68.4 Å². The Balaban J connectivity index is 1.52. The molecule has 1 aromatic carbocycles. The fourth-order valence-corrected chi connectivity index (χ4v) is 5.03. The molecule has 2 aliphatic rings. The van der Waals surface area contributed by atoms with Gasteiger partial charge in [0.05, 0.1) is 5.69 Å². The number of H-pyrrole nitrogens is 1. The molecule has 1 saturated heterocycles. The van der Waals surface area contributed by atoms with Crippen molar-refractivity contribution in [1.82, 2.24) is 9.88 Å². The van der Waals surface area contributed by atoms with Crippen LogP contribution in [-0.2, 0) is 0 Å². The summed E-state index contributed by atoms with van der Waals surface area (Å²) in [6.07, 6.45) is 9.66. The van der Waals surface area contributed by atoms with Crippen LogP contribution in [0.1, 0.15) is 73.4 Å². The Hall–Kier alpha value is -3.09. The molecule has 0 radical (unpaired) electrons. The van der Waals surface area contributed by atoms with E-state index < -0.39 is 0 Å². The van der Waals surface area contributed by atoms with Crippen LogP contribution in [-0.4, -0.2) is 40.8 Å². The maximum atomic E-state index is 12.8. The highest BCUT2D eigenvalue weighted by Crippen LogP contribution is 2.27. The zero-order valence-corrected chi connectivity index (χ0v) is 19.7. The molecule has 176 valence electrons. The van der Waals surface area contributed by atoms with Gasteiger partial charge in [-0.2, -0.15) is 0 Å². The Bertz CT molecular complexity index is 1070. The van der Waals surface area contributed by atoms with Crippen molar-refractivity contribution in [3.05, 3.63) is 57.5 Å². The molecule has 2 aromatic rings. The van der Waals surface area contributed by atoms with Gasteiger partial charge in [-0.25, -0.2) is 0 Å². The van der Waals surface area contributed by atoms with Crippen LogP contribution < -0.4 is 16.2 Å². The van der Waals surface area contributed by atoms with E-state index in [0.29, 0.717) is 34.5 Å². The molecule has 7 nitrogen and oxygen atoms in total. The number of hydrogen-bond acceptors (Lipinski definition) is 4. The lowest BCUT2D eigenvalue weighted by Gasteiger charge is -2.25. The van der Waals surface area contributed by atoms with Crippen molar-refractivity contribution in [3.8, 4) is 0 Å². The summed E-state index contributed by atoms with van der Waals surface area (Å²) in [6.45, 7) is 5.80. The quantitative estimate of drug-likeness (QED) is 0.301. The number of rotatable bonds is 5. The number of carbonyl (C=O) groups is 1. The number of likely N-dealkylation sites (tertiary alicyclic amines) is 1.